The summed E-state index contributed by atoms with van der Waals surface area (Å²) >= 11 is 0. The van der Waals surface area contributed by atoms with E-state index in [1.54, 1.807) is 24.3 Å². The minimum Gasteiger partial charge on any atom is -0.455 e. The van der Waals surface area contributed by atoms with Gasteiger partial charge in [0.25, 0.3) is 11.8 Å². The molecule has 1 saturated heterocycles. The standard InChI is InChI=1S/C30H19N3O3/c31-15-17-7-1-2-8-19(17)24-14-13-18(36-24)16-32-33-29(34)27-25-20-9-3-4-10-21(20)26(28(27)30(33)35)23-12-6-5-11-22(23)25/h1-14,16,25-28H/b32-16-/t25?,26?,27-,28+. The van der Waals surface area contributed by atoms with Crippen LogP contribution < -0.4 is 0 Å². The lowest BCUT2D eigenvalue weighted by Gasteiger charge is -2.45. The number of benzene rings is 3. The molecule has 0 spiro atoms. The Hall–Kier alpha value is -4.76. The molecule has 4 aromatic rings. The molecular formula is C30H19N3O3. The average molecular weight is 470 g/mol. The highest BCUT2D eigenvalue weighted by atomic mass is 16.3. The Bertz CT molecular complexity index is 1530. The summed E-state index contributed by atoms with van der Waals surface area (Å²) in [4.78, 5) is 27.2. The summed E-state index contributed by atoms with van der Waals surface area (Å²) in [6, 6.07) is 29.0. The number of nitriles is 1. The van der Waals surface area contributed by atoms with Crippen LogP contribution in [0.25, 0.3) is 11.3 Å². The third kappa shape index (κ3) is 2.74. The van der Waals surface area contributed by atoms with Gasteiger partial charge in [-0.05, 0) is 46.5 Å². The molecule has 0 saturated carbocycles. The van der Waals surface area contributed by atoms with Gasteiger partial charge >= 0.3 is 0 Å². The molecule has 0 unspecified atom stereocenters. The molecule has 1 aromatic heterocycles. The minimum absolute atomic E-state index is 0.165. The van der Waals surface area contributed by atoms with Crippen molar-refractivity contribution in [2.45, 2.75) is 11.8 Å². The third-order valence-electron chi connectivity index (χ3n) is 7.67. The second-order valence-electron chi connectivity index (χ2n) is 9.36. The van der Waals surface area contributed by atoms with E-state index in [9.17, 15) is 14.9 Å². The average Bonchev–Trinajstić information content (AvgIpc) is 3.50. The van der Waals surface area contributed by atoms with E-state index >= 15 is 0 Å². The molecule has 4 aliphatic rings. The lowest BCUT2D eigenvalue weighted by atomic mass is 9.55. The summed E-state index contributed by atoms with van der Waals surface area (Å²) in [5.74, 6) is -0.918. The SMILES string of the molecule is N#Cc1ccccc1-c1ccc(/C=N\N2C(=O)[C@@H]3C4c5ccccc5C(c5ccccc54)[C@@H]3C2=O)o1. The lowest BCUT2D eigenvalue weighted by molar-refractivity contribution is -0.139. The van der Waals surface area contributed by atoms with Crippen LogP contribution in [0, 0.1) is 23.2 Å². The van der Waals surface area contributed by atoms with Gasteiger partial charge in [-0.2, -0.15) is 15.4 Å². The third-order valence-corrected chi connectivity index (χ3v) is 7.67. The number of hydrogen-bond donors (Lipinski definition) is 0. The number of amides is 2. The van der Waals surface area contributed by atoms with Crippen molar-refractivity contribution >= 4 is 18.0 Å². The van der Waals surface area contributed by atoms with Gasteiger partial charge in [0.2, 0.25) is 0 Å². The van der Waals surface area contributed by atoms with Crippen molar-refractivity contribution in [2.24, 2.45) is 16.9 Å². The molecule has 3 aliphatic carbocycles. The van der Waals surface area contributed by atoms with E-state index in [1.807, 2.05) is 36.4 Å². The van der Waals surface area contributed by atoms with Gasteiger partial charge in [-0.1, -0.05) is 60.7 Å². The number of hydrazone groups is 1. The normalized spacial score (nSPS) is 23.5. The molecule has 1 fully saturated rings. The first-order chi connectivity index (χ1) is 17.7. The molecule has 172 valence electrons. The maximum absolute atomic E-state index is 13.6. The minimum atomic E-state index is -0.473. The van der Waals surface area contributed by atoms with E-state index in [0.717, 1.165) is 27.3 Å². The number of rotatable bonds is 3. The van der Waals surface area contributed by atoms with Gasteiger partial charge in [0, 0.05) is 17.4 Å². The molecule has 2 atom stereocenters. The molecule has 36 heavy (non-hydrogen) atoms. The van der Waals surface area contributed by atoms with Crippen LogP contribution >= 0.6 is 0 Å². The Kier molecular flexibility index (Phi) is 4.36. The Labute approximate surface area is 207 Å². The van der Waals surface area contributed by atoms with E-state index < -0.39 is 11.8 Å². The molecule has 2 amide bonds. The summed E-state index contributed by atoms with van der Waals surface area (Å²) < 4.78 is 5.87. The highest BCUT2D eigenvalue weighted by Crippen LogP contribution is 2.60. The van der Waals surface area contributed by atoms with Crippen LogP contribution in [0.1, 0.15) is 45.4 Å². The highest BCUT2D eigenvalue weighted by Gasteiger charge is 2.61. The van der Waals surface area contributed by atoms with E-state index in [1.165, 1.54) is 6.21 Å². The number of hydrogen-bond acceptors (Lipinski definition) is 5. The predicted molar refractivity (Wildman–Crippen MR) is 132 cm³/mol. The first kappa shape index (κ1) is 20.6. The van der Waals surface area contributed by atoms with Crippen molar-refractivity contribution in [3.8, 4) is 17.4 Å². The van der Waals surface area contributed by atoms with Crippen molar-refractivity contribution in [3.63, 3.8) is 0 Å². The van der Waals surface area contributed by atoms with Crippen LogP contribution in [0.3, 0.4) is 0 Å². The van der Waals surface area contributed by atoms with Crippen molar-refractivity contribution in [1.29, 1.82) is 5.26 Å². The second-order valence-corrected chi connectivity index (χ2v) is 9.36. The largest absolute Gasteiger partial charge is 0.455 e. The molecule has 3 aromatic carbocycles. The van der Waals surface area contributed by atoms with Crippen LogP contribution in [0.4, 0.5) is 0 Å². The van der Waals surface area contributed by atoms with Gasteiger partial charge in [-0.3, -0.25) is 9.59 Å². The zero-order valence-electron chi connectivity index (χ0n) is 19.0. The van der Waals surface area contributed by atoms with Crippen molar-refractivity contribution in [1.82, 2.24) is 5.01 Å². The summed E-state index contributed by atoms with van der Waals surface area (Å²) in [7, 11) is 0. The van der Waals surface area contributed by atoms with Gasteiger partial charge in [0.1, 0.15) is 11.5 Å². The quantitative estimate of drug-likeness (QED) is 0.311. The zero-order chi connectivity index (χ0) is 24.4. The summed E-state index contributed by atoms with van der Waals surface area (Å²) in [6.07, 6.45) is 1.40. The van der Waals surface area contributed by atoms with E-state index in [0.29, 0.717) is 22.6 Å². The van der Waals surface area contributed by atoms with Crippen LogP contribution in [0.15, 0.2) is 94.4 Å². The number of furan rings is 1. The number of carbonyl (C=O) groups is 2. The maximum atomic E-state index is 13.6. The van der Waals surface area contributed by atoms with Crippen molar-refractivity contribution < 1.29 is 14.0 Å². The topological polar surface area (TPSA) is 86.7 Å². The molecule has 1 aliphatic heterocycles. The summed E-state index contributed by atoms with van der Waals surface area (Å²) in [5, 5.41) is 14.7. The fourth-order valence-electron chi connectivity index (χ4n) is 6.25. The molecule has 0 N–H and O–H groups in total. The van der Waals surface area contributed by atoms with Crippen LogP contribution in [0.5, 0.6) is 0 Å². The Balaban J connectivity index is 1.24. The van der Waals surface area contributed by atoms with Crippen LogP contribution in [-0.2, 0) is 9.59 Å². The molecular weight excluding hydrogens is 450 g/mol. The van der Waals surface area contributed by atoms with E-state index in [2.05, 4.69) is 35.4 Å². The molecule has 2 heterocycles. The maximum Gasteiger partial charge on any atom is 0.254 e. The van der Waals surface area contributed by atoms with Crippen molar-refractivity contribution in [2.75, 3.05) is 0 Å². The second kappa shape index (κ2) is 7.62. The fourth-order valence-corrected chi connectivity index (χ4v) is 6.25. The number of carbonyl (C=O) groups excluding carboxylic acids is 2. The monoisotopic (exact) mass is 469 g/mol. The van der Waals surface area contributed by atoms with Gasteiger partial charge in [0.05, 0.1) is 29.7 Å². The molecule has 6 heteroatoms. The van der Waals surface area contributed by atoms with Crippen LogP contribution in [0.2, 0.25) is 0 Å². The highest BCUT2D eigenvalue weighted by molar-refractivity contribution is 6.08. The summed E-state index contributed by atoms with van der Waals surface area (Å²) in [5.41, 5.74) is 5.68. The zero-order valence-corrected chi connectivity index (χ0v) is 19.0. The van der Waals surface area contributed by atoms with Crippen LogP contribution in [-0.4, -0.2) is 23.0 Å². The fraction of sp³-hybridized carbons (Fsp3) is 0.133. The van der Waals surface area contributed by atoms with Gasteiger partial charge in [-0.15, -0.1) is 0 Å². The van der Waals surface area contributed by atoms with E-state index in [4.69, 9.17) is 4.42 Å². The Morgan fingerprint density at radius 3 is 1.83 bits per heavy atom. The Morgan fingerprint density at radius 1 is 0.750 bits per heavy atom. The predicted octanol–water partition coefficient (Wildman–Crippen LogP) is 5.04. The molecule has 0 radical (unpaired) electrons. The summed E-state index contributed by atoms with van der Waals surface area (Å²) in [6.45, 7) is 0. The van der Waals surface area contributed by atoms with Gasteiger partial charge in [-0.25, -0.2) is 0 Å². The van der Waals surface area contributed by atoms with E-state index in [-0.39, 0.29) is 23.7 Å². The first-order valence-corrected chi connectivity index (χ1v) is 11.9. The molecule has 6 nitrogen and oxygen atoms in total. The molecule has 8 rings (SSSR count). The van der Waals surface area contributed by atoms with Crippen molar-refractivity contribution in [3.05, 3.63) is 119 Å². The smallest absolute Gasteiger partial charge is 0.254 e. The number of imide groups is 1. The number of nitrogens with zero attached hydrogens (tertiary/aromatic N) is 3. The Morgan fingerprint density at radius 2 is 1.28 bits per heavy atom. The molecule has 2 bridgehead atoms. The van der Waals surface area contributed by atoms with Gasteiger partial charge < -0.3 is 4.42 Å². The lowest BCUT2D eigenvalue weighted by Crippen LogP contribution is -2.41. The van der Waals surface area contributed by atoms with Gasteiger partial charge in [0.15, 0.2) is 0 Å². The first-order valence-electron chi connectivity index (χ1n) is 11.9.